The lowest BCUT2D eigenvalue weighted by molar-refractivity contribution is 0.241. The molecule has 0 rings (SSSR count). The number of rotatable bonds is 13. The second-order valence-electron chi connectivity index (χ2n) is 4.49. The van der Waals surface area contributed by atoms with Crippen molar-refractivity contribution in [2.24, 2.45) is 5.73 Å². The van der Waals surface area contributed by atoms with E-state index in [0.29, 0.717) is 6.54 Å². The Morgan fingerprint density at radius 3 is 2.00 bits per heavy atom. The molecule has 19 heavy (non-hydrogen) atoms. The van der Waals surface area contributed by atoms with Crippen LogP contribution in [0.4, 0.5) is 4.79 Å². The molecule has 0 radical (unpaired) electrons. The van der Waals surface area contributed by atoms with Crippen LogP contribution in [0.25, 0.3) is 0 Å². The van der Waals surface area contributed by atoms with E-state index in [-0.39, 0.29) is 6.03 Å². The molecule has 0 aromatic rings. The number of nitrogens with two attached hydrogens (primary N) is 1. The summed E-state index contributed by atoms with van der Waals surface area (Å²) in [4.78, 5) is 11.1. The molecule has 0 atom stereocenters. The van der Waals surface area contributed by atoms with Crippen molar-refractivity contribution in [3.05, 3.63) is 0 Å². The van der Waals surface area contributed by atoms with E-state index in [4.69, 9.17) is 5.73 Å². The van der Waals surface area contributed by atoms with Crippen LogP contribution in [0.3, 0.4) is 0 Å². The smallest absolute Gasteiger partial charge is 0.314 e. The van der Waals surface area contributed by atoms with Crippen molar-refractivity contribution in [1.82, 2.24) is 21.3 Å². The molecule has 0 saturated carbocycles. The van der Waals surface area contributed by atoms with E-state index >= 15 is 0 Å². The predicted octanol–water partition coefficient (Wildman–Crippen LogP) is 0.00380. The molecule has 6 heteroatoms. The summed E-state index contributed by atoms with van der Waals surface area (Å²) in [7, 11) is 0. The van der Waals surface area contributed by atoms with Crippen molar-refractivity contribution in [1.29, 1.82) is 0 Å². The Morgan fingerprint density at radius 2 is 1.42 bits per heavy atom. The van der Waals surface area contributed by atoms with E-state index < -0.39 is 0 Å². The Morgan fingerprint density at radius 1 is 0.842 bits per heavy atom. The van der Waals surface area contributed by atoms with Gasteiger partial charge in [0, 0.05) is 13.1 Å². The zero-order chi connectivity index (χ0) is 14.2. The van der Waals surface area contributed by atoms with Crippen LogP contribution in [0.2, 0.25) is 0 Å². The lowest BCUT2D eigenvalue weighted by atomic mass is 10.3. The first-order valence-electron chi connectivity index (χ1n) is 7.44. The lowest BCUT2D eigenvalue weighted by Gasteiger charge is -2.07. The Balaban J connectivity index is 3.01. The minimum Gasteiger partial charge on any atom is -0.338 e. The van der Waals surface area contributed by atoms with E-state index in [1.165, 1.54) is 12.8 Å². The van der Waals surface area contributed by atoms with E-state index in [0.717, 1.165) is 52.1 Å². The largest absolute Gasteiger partial charge is 0.338 e. The van der Waals surface area contributed by atoms with Gasteiger partial charge in [0.25, 0.3) is 0 Å². The summed E-state index contributed by atoms with van der Waals surface area (Å²) in [6, 6.07) is -0.0777. The van der Waals surface area contributed by atoms with Crippen LogP contribution in [-0.4, -0.2) is 51.8 Å². The minimum atomic E-state index is -0.0777. The molecule has 6 nitrogen and oxygen atoms in total. The Kier molecular flexibility index (Phi) is 14.5. The van der Waals surface area contributed by atoms with E-state index in [1.807, 2.05) is 6.92 Å². The van der Waals surface area contributed by atoms with Gasteiger partial charge in [0.2, 0.25) is 0 Å². The van der Waals surface area contributed by atoms with Crippen molar-refractivity contribution >= 4 is 6.03 Å². The number of hydrogen-bond donors (Lipinski definition) is 5. The molecule has 0 spiro atoms. The lowest BCUT2D eigenvalue weighted by Crippen LogP contribution is -2.36. The molecule has 0 saturated heterocycles. The summed E-state index contributed by atoms with van der Waals surface area (Å²) in [6.07, 6.45) is 4.39. The number of unbranched alkanes of at least 4 members (excludes halogenated alkanes) is 1. The first-order valence-corrected chi connectivity index (χ1v) is 7.44. The van der Waals surface area contributed by atoms with Crippen molar-refractivity contribution in [2.45, 2.75) is 32.6 Å². The number of carbonyl (C=O) groups is 1. The monoisotopic (exact) mass is 273 g/mol. The quantitative estimate of drug-likeness (QED) is 0.306. The first kappa shape index (κ1) is 18.1. The van der Waals surface area contributed by atoms with Gasteiger partial charge in [-0.15, -0.1) is 0 Å². The second kappa shape index (κ2) is 15.2. The Bertz CT molecular complexity index is 201. The summed E-state index contributed by atoms with van der Waals surface area (Å²) in [5.74, 6) is 0. The van der Waals surface area contributed by atoms with E-state index in [2.05, 4.69) is 21.3 Å². The predicted molar refractivity (Wildman–Crippen MR) is 80.3 cm³/mol. The van der Waals surface area contributed by atoms with Gasteiger partial charge in [0.05, 0.1) is 0 Å². The fourth-order valence-corrected chi connectivity index (χ4v) is 1.62. The SMILES string of the molecule is CCNC(=O)NCCCNCCCCNCCCN. The average Bonchev–Trinajstić information content (AvgIpc) is 2.40. The third-order valence-electron chi connectivity index (χ3n) is 2.67. The maximum absolute atomic E-state index is 11.1. The summed E-state index contributed by atoms with van der Waals surface area (Å²) in [5, 5.41) is 12.2. The van der Waals surface area contributed by atoms with Crippen LogP contribution in [0.1, 0.15) is 32.6 Å². The number of hydrogen-bond acceptors (Lipinski definition) is 4. The highest BCUT2D eigenvalue weighted by Gasteiger charge is 1.95. The fraction of sp³-hybridized carbons (Fsp3) is 0.923. The van der Waals surface area contributed by atoms with Crippen LogP contribution < -0.4 is 27.0 Å². The zero-order valence-electron chi connectivity index (χ0n) is 12.3. The highest BCUT2D eigenvalue weighted by atomic mass is 16.2. The molecule has 0 heterocycles. The van der Waals surface area contributed by atoms with Gasteiger partial charge in [-0.05, 0) is 65.3 Å². The molecule has 0 unspecified atom stereocenters. The van der Waals surface area contributed by atoms with Crippen molar-refractivity contribution < 1.29 is 4.79 Å². The number of carbonyl (C=O) groups excluding carboxylic acids is 1. The molecule has 0 fully saturated rings. The second-order valence-corrected chi connectivity index (χ2v) is 4.49. The normalized spacial score (nSPS) is 10.4. The summed E-state index contributed by atoms with van der Waals surface area (Å²) < 4.78 is 0. The van der Waals surface area contributed by atoms with Crippen LogP contribution in [0.5, 0.6) is 0 Å². The third kappa shape index (κ3) is 15.1. The first-order chi connectivity index (χ1) is 9.31. The van der Waals surface area contributed by atoms with Crippen molar-refractivity contribution in [2.75, 3.05) is 45.8 Å². The van der Waals surface area contributed by atoms with Crippen molar-refractivity contribution in [3.63, 3.8) is 0 Å². The molecular formula is C13H31N5O. The summed E-state index contributed by atoms with van der Waals surface area (Å²) >= 11 is 0. The molecule has 0 aliphatic carbocycles. The van der Waals surface area contributed by atoms with Crippen LogP contribution in [0, 0.1) is 0 Å². The van der Waals surface area contributed by atoms with Crippen LogP contribution >= 0.6 is 0 Å². The average molecular weight is 273 g/mol. The fourth-order valence-electron chi connectivity index (χ4n) is 1.62. The topological polar surface area (TPSA) is 91.2 Å². The van der Waals surface area contributed by atoms with Gasteiger partial charge in [-0.3, -0.25) is 0 Å². The van der Waals surface area contributed by atoms with Gasteiger partial charge in [0.15, 0.2) is 0 Å². The standard InChI is InChI=1S/C13H31N5O/c1-2-17-13(19)18-12-6-11-16-9-4-3-8-15-10-5-7-14/h15-16H,2-12,14H2,1H3,(H2,17,18,19). The molecule has 2 amide bonds. The van der Waals surface area contributed by atoms with E-state index in [1.54, 1.807) is 0 Å². The summed E-state index contributed by atoms with van der Waals surface area (Å²) in [6.45, 7) is 8.15. The number of nitrogens with one attached hydrogen (secondary N) is 4. The highest BCUT2D eigenvalue weighted by Crippen LogP contribution is 1.85. The number of amides is 2. The molecule has 0 aliphatic heterocycles. The highest BCUT2D eigenvalue weighted by molar-refractivity contribution is 5.73. The van der Waals surface area contributed by atoms with Crippen molar-refractivity contribution in [3.8, 4) is 0 Å². The maximum Gasteiger partial charge on any atom is 0.314 e. The minimum absolute atomic E-state index is 0.0777. The van der Waals surface area contributed by atoms with E-state index in [9.17, 15) is 4.79 Å². The maximum atomic E-state index is 11.1. The third-order valence-corrected chi connectivity index (χ3v) is 2.67. The molecule has 0 bridgehead atoms. The summed E-state index contributed by atoms with van der Waals surface area (Å²) in [5.41, 5.74) is 5.40. The molecule has 0 aromatic heterocycles. The molecule has 0 aliphatic rings. The van der Waals surface area contributed by atoms with Gasteiger partial charge in [-0.2, -0.15) is 0 Å². The molecule has 6 N–H and O–H groups in total. The van der Waals surface area contributed by atoms with Crippen LogP contribution in [0.15, 0.2) is 0 Å². The number of urea groups is 1. The molecular weight excluding hydrogens is 242 g/mol. The zero-order valence-corrected chi connectivity index (χ0v) is 12.3. The van der Waals surface area contributed by atoms with Crippen LogP contribution in [-0.2, 0) is 0 Å². The van der Waals surface area contributed by atoms with Gasteiger partial charge < -0.3 is 27.0 Å². The van der Waals surface area contributed by atoms with Gasteiger partial charge in [-0.25, -0.2) is 4.79 Å². The Labute approximate surface area is 117 Å². The molecule has 114 valence electrons. The van der Waals surface area contributed by atoms with Gasteiger partial charge in [-0.1, -0.05) is 0 Å². The van der Waals surface area contributed by atoms with Gasteiger partial charge >= 0.3 is 6.03 Å². The van der Waals surface area contributed by atoms with Gasteiger partial charge in [0.1, 0.15) is 0 Å². The molecule has 0 aromatic carbocycles. The Hall–Kier alpha value is -0.850.